The number of thioether (sulfide) groups is 1. The number of aromatic carboxylic acids is 1. The molecule has 4 aromatic rings. The van der Waals surface area contributed by atoms with Gasteiger partial charge in [-0.25, -0.2) is 9.48 Å². The van der Waals surface area contributed by atoms with Crippen LogP contribution in [0.3, 0.4) is 0 Å². The number of amides is 1. The summed E-state index contributed by atoms with van der Waals surface area (Å²) in [5.74, 6) is 0.358. The number of allylic oxidation sites excluding steroid dienone is 1. The Bertz CT molecular complexity index is 1520. The van der Waals surface area contributed by atoms with Gasteiger partial charge < -0.3 is 20.5 Å². The van der Waals surface area contributed by atoms with Gasteiger partial charge in [-0.1, -0.05) is 66.4 Å². The standard InChI is InChI=1S/C28H25N5O4S/c1-17-23(25(34)30-21-10-6-7-11-22(21)37-2)24(19-12-14-20(15-13-19)26(35)36)33-27(29-17)31-28(32-33)38-16-18-8-4-3-5-9-18/h3-15,24H,16H2,1-2H3,(H,30,34)(H,35,36)(H,29,31,32)/t24-/m0/s1. The number of aromatic nitrogens is 3. The van der Waals surface area contributed by atoms with E-state index >= 15 is 0 Å². The Balaban J connectivity index is 1.51. The molecule has 0 spiro atoms. The molecule has 38 heavy (non-hydrogen) atoms. The minimum Gasteiger partial charge on any atom is -0.495 e. The van der Waals surface area contributed by atoms with Gasteiger partial charge in [0.1, 0.15) is 11.8 Å². The van der Waals surface area contributed by atoms with Crippen molar-refractivity contribution in [1.82, 2.24) is 14.8 Å². The molecule has 3 aromatic carbocycles. The van der Waals surface area contributed by atoms with E-state index in [1.54, 1.807) is 36.1 Å². The number of rotatable bonds is 8. The molecule has 0 aliphatic carbocycles. The van der Waals surface area contributed by atoms with Crippen molar-refractivity contribution in [3.63, 3.8) is 0 Å². The van der Waals surface area contributed by atoms with Gasteiger partial charge in [-0.05, 0) is 42.3 Å². The number of hydrogen-bond donors (Lipinski definition) is 3. The third-order valence-electron chi connectivity index (χ3n) is 6.12. The SMILES string of the molecule is COc1ccccc1NC(=O)C1=C(C)Nc2nc(SCc3ccccc3)nn2[C@H]1c1ccc(C(=O)O)cc1. The first-order chi connectivity index (χ1) is 18.4. The highest BCUT2D eigenvalue weighted by molar-refractivity contribution is 7.98. The second-order valence-corrected chi connectivity index (χ2v) is 9.53. The van der Waals surface area contributed by atoms with Crippen LogP contribution in [0.25, 0.3) is 0 Å². The molecule has 1 aliphatic rings. The van der Waals surface area contributed by atoms with Crippen LogP contribution >= 0.6 is 11.8 Å². The number of ether oxygens (including phenoxy) is 1. The van der Waals surface area contributed by atoms with Crippen molar-refractivity contribution in [2.45, 2.75) is 23.9 Å². The number of carbonyl (C=O) groups excluding carboxylic acids is 1. The summed E-state index contributed by atoms with van der Waals surface area (Å²) in [6.45, 7) is 1.81. The summed E-state index contributed by atoms with van der Waals surface area (Å²) < 4.78 is 7.07. The first-order valence-electron chi connectivity index (χ1n) is 11.8. The third kappa shape index (κ3) is 5.12. The van der Waals surface area contributed by atoms with Crippen molar-refractivity contribution in [3.8, 4) is 5.75 Å². The smallest absolute Gasteiger partial charge is 0.335 e. The predicted octanol–water partition coefficient (Wildman–Crippen LogP) is 5.20. The lowest BCUT2D eigenvalue weighted by Crippen LogP contribution is -2.31. The molecule has 1 amide bonds. The Morgan fingerprint density at radius 2 is 1.76 bits per heavy atom. The lowest BCUT2D eigenvalue weighted by molar-refractivity contribution is -0.113. The number of carboxylic acids is 1. The fraction of sp³-hybridized carbons (Fsp3) is 0.143. The topological polar surface area (TPSA) is 118 Å². The van der Waals surface area contributed by atoms with E-state index in [0.29, 0.717) is 45.1 Å². The van der Waals surface area contributed by atoms with E-state index < -0.39 is 12.0 Å². The number of nitrogens with one attached hydrogen (secondary N) is 2. The zero-order valence-corrected chi connectivity index (χ0v) is 21.5. The van der Waals surface area contributed by atoms with Crippen molar-refractivity contribution in [1.29, 1.82) is 0 Å². The first-order valence-corrected chi connectivity index (χ1v) is 12.8. The maximum atomic E-state index is 13.7. The number of carboxylic acid groups (broad SMARTS) is 1. The van der Waals surface area contributed by atoms with Crippen molar-refractivity contribution < 1.29 is 19.4 Å². The van der Waals surface area contributed by atoms with Crippen molar-refractivity contribution in [2.24, 2.45) is 0 Å². The Labute approximate surface area is 223 Å². The summed E-state index contributed by atoms with van der Waals surface area (Å²) >= 11 is 1.49. The van der Waals surface area contributed by atoms with Gasteiger partial charge in [-0.2, -0.15) is 4.98 Å². The fourth-order valence-electron chi connectivity index (χ4n) is 4.26. The summed E-state index contributed by atoms with van der Waals surface area (Å²) in [6, 6.07) is 23.0. The van der Waals surface area contributed by atoms with E-state index in [0.717, 1.165) is 5.56 Å². The lowest BCUT2D eigenvalue weighted by atomic mass is 9.94. The molecule has 0 radical (unpaired) electrons. The molecule has 0 saturated heterocycles. The molecule has 192 valence electrons. The summed E-state index contributed by atoms with van der Waals surface area (Å²) in [5, 5.41) is 20.8. The second kappa shape index (κ2) is 10.8. The maximum Gasteiger partial charge on any atom is 0.335 e. The summed E-state index contributed by atoms with van der Waals surface area (Å²) in [6.07, 6.45) is 0. The highest BCUT2D eigenvalue weighted by atomic mass is 32.2. The van der Waals surface area contributed by atoms with E-state index in [4.69, 9.17) is 9.84 Å². The molecule has 1 aromatic heterocycles. The molecular weight excluding hydrogens is 502 g/mol. The van der Waals surface area contributed by atoms with Crippen LogP contribution in [0.2, 0.25) is 0 Å². The Morgan fingerprint density at radius 3 is 2.47 bits per heavy atom. The minimum atomic E-state index is -1.02. The molecular formula is C28H25N5O4S. The number of anilines is 2. The van der Waals surface area contributed by atoms with Gasteiger partial charge in [0.2, 0.25) is 11.1 Å². The van der Waals surface area contributed by atoms with Crippen molar-refractivity contribution >= 4 is 35.3 Å². The third-order valence-corrected chi connectivity index (χ3v) is 7.03. The predicted molar refractivity (Wildman–Crippen MR) is 146 cm³/mol. The number of carbonyl (C=O) groups is 2. The molecule has 2 heterocycles. The average Bonchev–Trinajstić information content (AvgIpc) is 3.34. The van der Waals surface area contributed by atoms with Crippen LogP contribution in [0.4, 0.5) is 11.6 Å². The normalized spacial score (nSPS) is 14.4. The van der Waals surface area contributed by atoms with E-state index in [1.807, 2.05) is 49.4 Å². The van der Waals surface area contributed by atoms with Crippen LogP contribution in [0.5, 0.6) is 5.75 Å². The van der Waals surface area contributed by atoms with Crippen LogP contribution in [0.1, 0.15) is 34.5 Å². The summed E-state index contributed by atoms with van der Waals surface area (Å²) in [4.78, 5) is 29.8. The molecule has 3 N–H and O–H groups in total. The van der Waals surface area contributed by atoms with Gasteiger partial charge >= 0.3 is 5.97 Å². The quantitative estimate of drug-likeness (QED) is 0.268. The van der Waals surface area contributed by atoms with E-state index in [1.165, 1.54) is 23.9 Å². The monoisotopic (exact) mass is 527 g/mol. The van der Waals surface area contributed by atoms with Gasteiger partial charge in [0.15, 0.2) is 0 Å². The largest absolute Gasteiger partial charge is 0.495 e. The van der Waals surface area contributed by atoms with Crippen LogP contribution in [0, 0.1) is 0 Å². The molecule has 5 rings (SSSR count). The van der Waals surface area contributed by atoms with E-state index in [-0.39, 0.29) is 11.5 Å². The number of methoxy groups -OCH3 is 1. The molecule has 9 nitrogen and oxygen atoms in total. The average molecular weight is 528 g/mol. The van der Waals surface area contributed by atoms with Gasteiger partial charge in [-0.15, -0.1) is 5.10 Å². The maximum absolute atomic E-state index is 13.7. The molecule has 0 bridgehead atoms. The number of nitrogens with zero attached hydrogens (tertiary/aromatic N) is 3. The Kier molecular flexibility index (Phi) is 7.14. The van der Waals surface area contributed by atoms with Gasteiger partial charge in [0, 0.05) is 11.4 Å². The number of fused-ring (bicyclic) bond motifs is 1. The summed E-state index contributed by atoms with van der Waals surface area (Å²) in [7, 11) is 1.54. The number of hydrogen-bond acceptors (Lipinski definition) is 7. The number of para-hydroxylation sites is 2. The second-order valence-electron chi connectivity index (χ2n) is 8.58. The van der Waals surface area contributed by atoms with Gasteiger partial charge in [0.25, 0.3) is 5.91 Å². The van der Waals surface area contributed by atoms with E-state index in [9.17, 15) is 14.7 Å². The highest BCUT2D eigenvalue weighted by Gasteiger charge is 2.34. The molecule has 0 unspecified atom stereocenters. The zero-order valence-electron chi connectivity index (χ0n) is 20.7. The van der Waals surface area contributed by atoms with E-state index in [2.05, 4.69) is 15.6 Å². The van der Waals surface area contributed by atoms with Crippen LogP contribution in [-0.4, -0.2) is 38.9 Å². The van der Waals surface area contributed by atoms with Crippen LogP contribution in [-0.2, 0) is 10.5 Å². The number of benzene rings is 3. The van der Waals surface area contributed by atoms with Crippen LogP contribution in [0.15, 0.2) is 95.3 Å². The first kappa shape index (κ1) is 25.1. The lowest BCUT2D eigenvalue weighted by Gasteiger charge is -2.28. The Morgan fingerprint density at radius 1 is 1.05 bits per heavy atom. The molecule has 10 heteroatoms. The van der Waals surface area contributed by atoms with Gasteiger partial charge in [0.05, 0.1) is 23.9 Å². The van der Waals surface area contributed by atoms with Crippen molar-refractivity contribution in [3.05, 3.63) is 107 Å². The molecule has 1 aliphatic heterocycles. The molecule has 0 fully saturated rings. The zero-order chi connectivity index (χ0) is 26.6. The molecule has 0 saturated carbocycles. The fourth-order valence-corrected chi connectivity index (χ4v) is 5.05. The van der Waals surface area contributed by atoms with Crippen LogP contribution < -0.4 is 15.4 Å². The minimum absolute atomic E-state index is 0.154. The molecule has 1 atom stereocenters. The Hall–Kier alpha value is -4.57. The van der Waals surface area contributed by atoms with Crippen molar-refractivity contribution in [2.75, 3.05) is 17.7 Å². The van der Waals surface area contributed by atoms with Gasteiger partial charge in [-0.3, -0.25) is 4.79 Å². The summed E-state index contributed by atoms with van der Waals surface area (Å²) in [5.41, 5.74) is 3.57. The highest BCUT2D eigenvalue weighted by Crippen LogP contribution is 2.37.